The zero-order valence-corrected chi connectivity index (χ0v) is 11.5. The first-order valence-electron chi connectivity index (χ1n) is 6.41. The van der Waals surface area contributed by atoms with Crippen LogP contribution >= 0.6 is 0 Å². The lowest BCUT2D eigenvalue weighted by Gasteiger charge is -2.24. The van der Waals surface area contributed by atoms with Crippen molar-refractivity contribution in [3.05, 3.63) is 24.3 Å². The van der Waals surface area contributed by atoms with E-state index in [4.69, 9.17) is 4.74 Å². The SMILES string of the molecule is CCNC(CO)CCN(C)c1ccccc1OC. The van der Waals surface area contributed by atoms with Gasteiger partial charge in [-0.2, -0.15) is 0 Å². The number of ether oxygens (including phenoxy) is 1. The molecule has 0 amide bonds. The van der Waals surface area contributed by atoms with Crippen LogP contribution in [0.1, 0.15) is 13.3 Å². The minimum absolute atomic E-state index is 0.159. The van der Waals surface area contributed by atoms with Crippen LogP contribution in [0.3, 0.4) is 0 Å². The number of nitrogens with one attached hydrogen (secondary N) is 1. The molecule has 4 nitrogen and oxygen atoms in total. The zero-order valence-electron chi connectivity index (χ0n) is 11.5. The lowest BCUT2D eigenvalue weighted by atomic mass is 10.2. The third-order valence-electron chi connectivity index (χ3n) is 3.02. The van der Waals surface area contributed by atoms with Crippen molar-refractivity contribution in [2.45, 2.75) is 19.4 Å². The summed E-state index contributed by atoms with van der Waals surface area (Å²) >= 11 is 0. The summed E-state index contributed by atoms with van der Waals surface area (Å²) in [6.07, 6.45) is 0.902. The second-order valence-electron chi connectivity index (χ2n) is 4.32. The van der Waals surface area contributed by atoms with Crippen molar-refractivity contribution in [3.63, 3.8) is 0 Å². The number of para-hydroxylation sites is 2. The number of aliphatic hydroxyl groups excluding tert-OH is 1. The standard InChI is InChI=1S/C14H24N2O2/c1-4-15-12(11-17)9-10-16(2)13-7-5-6-8-14(13)18-3/h5-8,12,15,17H,4,9-11H2,1-3H3. The second-order valence-corrected chi connectivity index (χ2v) is 4.32. The maximum atomic E-state index is 9.24. The molecular weight excluding hydrogens is 228 g/mol. The molecule has 0 radical (unpaired) electrons. The van der Waals surface area contributed by atoms with E-state index in [1.165, 1.54) is 0 Å². The van der Waals surface area contributed by atoms with Gasteiger partial charge in [0.25, 0.3) is 0 Å². The van der Waals surface area contributed by atoms with Gasteiger partial charge in [0, 0.05) is 19.6 Å². The molecule has 0 saturated heterocycles. The smallest absolute Gasteiger partial charge is 0.142 e. The quantitative estimate of drug-likeness (QED) is 0.736. The Morgan fingerprint density at radius 3 is 2.72 bits per heavy atom. The average molecular weight is 252 g/mol. The Kier molecular flexibility index (Phi) is 6.54. The second kappa shape index (κ2) is 7.95. The van der Waals surface area contributed by atoms with E-state index in [0.717, 1.165) is 30.9 Å². The number of likely N-dealkylation sites (N-methyl/N-ethyl adjacent to an activating group) is 1. The number of benzene rings is 1. The number of methoxy groups -OCH3 is 1. The minimum atomic E-state index is 0.159. The van der Waals surface area contributed by atoms with Crippen molar-refractivity contribution in [1.29, 1.82) is 0 Å². The Bertz CT molecular complexity index is 344. The van der Waals surface area contributed by atoms with E-state index in [9.17, 15) is 5.11 Å². The van der Waals surface area contributed by atoms with E-state index in [0.29, 0.717) is 0 Å². The van der Waals surface area contributed by atoms with E-state index < -0.39 is 0 Å². The van der Waals surface area contributed by atoms with Gasteiger partial charge in [-0.3, -0.25) is 0 Å². The summed E-state index contributed by atoms with van der Waals surface area (Å²) in [5.41, 5.74) is 1.08. The van der Waals surface area contributed by atoms with Gasteiger partial charge < -0.3 is 20.1 Å². The van der Waals surface area contributed by atoms with Crippen LogP contribution in [0.4, 0.5) is 5.69 Å². The lowest BCUT2D eigenvalue weighted by molar-refractivity contribution is 0.238. The van der Waals surface area contributed by atoms with E-state index in [2.05, 4.69) is 10.2 Å². The molecule has 0 aliphatic heterocycles. The van der Waals surface area contributed by atoms with Crippen LogP contribution in [0.5, 0.6) is 5.75 Å². The Hall–Kier alpha value is -1.26. The minimum Gasteiger partial charge on any atom is -0.495 e. The van der Waals surface area contributed by atoms with Crippen LogP contribution in [0, 0.1) is 0 Å². The van der Waals surface area contributed by atoms with Gasteiger partial charge >= 0.3 is 0 Å². The highest BCUT2D eigenvalue weighted by Gasteiger charge is 2.10. The van der Waals surface area contributed by atoms with Crippen LogP contribution in [0.15, 0.2) is 24.3 Å². The molecule has 2 N–H and O–H groups in total. The molecule has 1 rings (SSSR count). The molecule has 0 aromatic heterocycles. The van der Waals surface area contributed by atoms with Gasteiger partial charge in [0.15, 0.2) is 0 Å². The van der Waals surface area contributed by atoms with Crippen molar-refractivity contribution in [2.75, 3.05) is 38.8 Å². The fraction of sp³-hybridized carbons (Fsp3) is 0.571. The van der Waals surface area contributed by atoms with Crippen molar-refractivity contribution in [3.8, 4) is 5.75 Å². The van der Waals surface area contributed by atoms with Gasteiger partial charge in [0.1, 0.15) is 5.75 Å². The van der Waals surface area contributed by atoms with Gasteiger partial charge in [-0.25, -0.2) is 0 Å². The molecule has 102 valence electrons. The predicted octanol–water partition coefficient (Wildman–Crippen LogP) is 1.49. The Morgan fingerprint density at radius 2 is 2.11 bits per heavy atom. The van der Waals surface area contributed by atoms with Crippen molar-refractivity contribution < 1.29 is 9.84 Å². The molecule has 4 heteroatoms. The van der Waals surface area contributed by atoms with E-state index in [1.807, 2.05) is 38.2 Å². The number of rotatable bonds is 8. The molecule has 0 fully saturated rings. The zero-order chi connectivity index (χ0) is 13.4. The number of nitrogens with zero attached hydrogens (tertiary/aromatic N) is 1. The average Bonchev–Trinajstić information content (AvgIpc) is 2.42. The van der Waals surface area contributed by atoms with E-state index in [-0.39, 0.29) is 12.6 Å². The first kappa shape index (κ1) is 14.8. The number of hydrogen-bond donors (Lipinski definition) is 2. The number of hydrogen-bond acceptors (Lipinski definition) is 4. The third-order valence-corrected chi connectivity index (χ3v) is 3.02. The molecule has 0 heterocycles. The molecule has 0 bridgehead atoms. The highest BCUT2D eigenvalue weighted by molar-refractivity contribution is 5.57. The molecule has 1 atom stereocenters. The summed E-state index contributed by atoms with van der Waals surface area (Å²) in [6.45, 7) is 3.97. The van der Waals surface area contributed by atoms with Crippen molar-refractivity contribution >= 4 is 5.69 Å². The van der Waals surface area contributed by atoms with Crippen LogP contribution in [-0.2, 0) is 0 Å². The maximum absolute atomic E-state index is 9.24. The molecule has 1 aromatic rings. The molecule has 0 aliphatic rings. The Labute approximate surface area is 110 Å². The molecule has 0 spiro atoms. The summed E-state index contributed by atoms with van der Waals surface area (Å²) in [7, 11) is 3.72. The Balaban J connectivity index is 2.56. The van der Waals surface area contributed by atoms with Crippen LogP contribution in [0.25, 0.3) is 0 Å². The fourth-order valence-electron chi connectivity index (χ4n) is 1.96. The van der Waals surface area contributed by atoms with E-state index >= 15 is 0 Å². The highest BCUT2D eigenvalue weighted by atomic mass is 16.5. The summed E-state index contributed by atoms with van der Waals surface area (Å²) < 4.78 is 5.34. The summed E-state index contributed by atoms with van der Waals surface area (Å²) in [4.78, 5) is 2.15. The summed E-state index contributed by atoms with van der Waals surface area (Å²) in [6, 6.07) is 8.12. The topological polar surface area (TPSA) is 44.7 Å². The fourth-order valence-corrected chi connectivity index (χ4v) is 1.96. The van der Waals surface area contributed by atoms with Gasteiger partial charge in [0.2, 0.25) is 0 Å². The van der Waals surface area contributed by atoms with Crippen molar-refractivity contribution in [2.24, 2.45) is 0 Å². The third kappa shape index (κ3) is 4.20. The molecule has 1 unspecified atom stereocenters. The largest absolute Gasteiger partial charge is 0.495 e. The Morgan fingerprint density at radius 1 is 1.39 bits per heavy atom. The predicted molar refractivity (Wildman–Crippen MR) is 75.4 cm³/mol. The normalized spacial score (nSPS) is 12.2. The lowest BCUT2D eigenvalue weighted by Crippen LogP contribution is -2.35. The first-order valence-corrected chi connectivity index (χ1v) is 6.41. The maximum Gasteiger partial charge on any atom is 0.142 e. The van der Waals surface area contributed by atoms with Crippen LogP contribution < -0.4 is 15.0 Å². The monoisotopic (exact) mass is 252 g/mol. The van der Waals surface area contributed by atoms with Gasteiger partial charge in [0.05, 0.1) is 19.4 Å². The summed E-state index contributed by atoms with van der Waals surface area (Å²) in [5, 5.41) is 12.5. The number of aliphatic hydroxyl groups is 1. The van der Waals surface area contributed by atoms with Gasteiger partial charge in [-0.05, 0) is 25.1 Å². The van der Waals surface area contributed by atoms with Gasteiger partial charge in [-0.15, -0.1) is 0 Å². The molecule has 18 heavy (non-hydrogen) atoms. The van der Waals surface area contributed by atoms with Crippen molar-refractivity contribution in [1.82, 2.24) is 5.32 Å². The van der Waals surface area contributed by atoms with Gasteiger partial charge in [-0.1, -0.05) is 19.1 Å². The highest BCUT2D eigenvalue weighted by Crippen LogP contribution is 2.26. The molecule has 1 aromatic carbocycles. The molecule has 0 aliphatic carbocycles. The number of anilines is 1. The van der Waals surface area contributed by atoms with Crippen LogP contribution in [-0.4, -0.2) is 45.0 Å². The molecule has 0 saturated carbocycles. The van der Waals surface area contributed by atoms with Crippen LogP contribution in [0.2, 0.25) is 0 Å². The summed E-state index contributed by atoms with van der Waals surface area (Å²) in [5.74, 6) is 0.879. The van der Waals surface area contributed by atoms with E-state index in [1.54, 1.807) is 7.11 Å². The first-order chi connectivity index (χ1) is 8.72. The molecular formula is C14H24N2O2.